The van der Waals surface area contributed by atoms with Crippen LogP contribution in [0.25, 0.3) is 11.3 Å². The Morgan fingerprint density at radius 3 is 2.65 bits per heavy atom. The predicted molar refractivity (Wildman–Crippen MR) is 106 cm³/mol. The van der Waals surface area contributed by atoms with E-state index >= 15 is 0 Å². The standard InChI is InChI=1S/C20H21F3N6O2/c21-17-13-8-30-15(17)7-29(13)16-4-12(10-3-14(31-19(22)23)18(24)25-5-10)26-20(27-16)28-6-9-1-11(28)2-9/h3-5,9,11,13,15,17,19H,1-2,6-8H2,(H2,24,25). The summed E-state index contributed by atoms with van der Waals surface area (Å²) >= 11 is 0. The van der Waals surface area contributed by atoms with Gasteiger partial charge < -0.3 is 25.0 Å². The van der Waals surface area contributed by atoms with Crippen LogP contribution in [0.5, 0.6) is 5.75 Å². The molecule has 31 heavy (non-hydrogen) atoms. The third-order valence-electron chi connectivity index (χ3n) is 6.73. The third kappa shape index (κ3) is 3.05. The number of nitrogen functional groups attached to an aromatic ring is 1. The van der Waals surface area contributed by atoms with Gasteiger partial charge in [-0.15, -0.1) is 0 Å². The molecule has 3 unspecified atom stereocenters. The van der Waals surface area contributed by atoms with Crippen molar-refractivity contribution in [2.75, 3.05) is 35.2 Å². The third-order valence-corrected chi connectivity index (χ3v) is 6.73. The van der Waals surface area contributed by atoms with E-state index in [1.165, 1.54) is 12.3 Å². The fourth-order valence-electron chi connectivity index (χ4n) is 5.07. The van der Waals surface area contributed by atoms with E-state index in [-0.39, 0.29) is 11.6 Å². The van der Waals surface area contributed by atoms with Gasteiger partial charge in [0.2, 0.25) is 5.95 Å². The minimum atomic E-state index is -3.02. The molecule has 0 aromatic carbocycles. The molecule has 4 bridgehead atoms. The molecule has 1 saturated carbocycles. The summed E-state index contributed by atoms with van der Waals surface area (Å²) in [5.41, 5.74) is 6.65. The first-order valence-electron chi connectivity index (χ1n) is 10.3. The summed E-state index contributed by atoms with van der Waals surface area (Å²) < 4.78 is 50.0. The summed E-state index contributed by atoms with van der Waals surface area (Å²) in [5.74, 6) is 1.46. The van der Waals surface area contributed by atoms with Crippen molar-refractivity contribution in [1.82, 2.24) is 15.0 Å². The molecule has 6 heterocycles. The van der Waals surface area contributed by atoms with Crippen LogP contribution in [0.4, 0.5) is 30.8 Å². The Hall–Kier alpha value is -2.82. The Morgan fingerprint density at radius 2 is 2.00 bits per heavy atom. The van der Waals surface area contributed by atoms with Crippen molar-refractivity contribution in [2.24, 2.45) is 5.92 Å². The Morgan fingerprint density at radius 1 is 1.16 bits per heavy atom. The Labute approximate surface area is 176 Å². The lowest BCUT2D eigenvalue weighted by atomic mass is 9.86. The van der Waals surface area contributed by atoms with E-state index in [0.29, 0.717) is 48.1 Å². The molecular formula is C20H21F3N6O2. The first-order chi connectivity index (χ1) is 15.0. The number of pyridine rings is 1. The molecule has 2 aromatic heterocycles. The molecule has 8 nitrogen and oxygen atoms in total. The molecule has 2 N–H and O–H groups in total. The largest absolute Gasteiger partial charge is 0.431 e. The van der Waals surface area contributed by atoms with Crippen molar-refractivity contribution in [1.29, 1.82) is 0 Å². The smallest absolute Gasteiger partial charge is 0.387 e. The highest BCUT2D eigenvalue weighted by Crippen LogP contribution is 2.43. The quantitative estimate of drug-likeness (QED) is 0.767. The van der Waals surface area contributed by atoms with Crippen LogP contribution in [0.1, 0.15) is 12.8 Å². The number of hydrogen-bond acceptors (Lipinski definition) is 8. The van der Waals surface area contributed by atoms with Crippen LogP contribution in [0.3, 0.4) is 0 Å². The van der Waals surface area contributed by atoms with Gasteiger partial charge in [-0.1, -0.05) is 0 Å². The highest BCUT2D eigenvalue weighted by Gasteiger charge is 2.50. The second-order valence-electron chi connectivity index (χ2n) is 8.58. The van der Waals surface area contributed by atoms with Crippen molar-refractivity contribution in [2.45, 2.75) is 43.8 Å². The second-order valence-corrected chi connectivity index (χ2v) is 8.58. The summed E-state index contributed by atoms with van der Waals surface area (Å²) in [5, 5.41) is 0. The number of anilines is 3. The van der Waals surface area contributed by atoms with Gasteiger partial charge in [-0.2, -0.15) is 13.8 Å². The number of morpholine rings is 1. The van der Waals surface area contributed by atoms with Crippen LogP contribution in [0, 0.1) is 5.92 Å². The monoisotopic (exact) mass is 434 g/mol. The number of fused-ring (bicyclic) bond motifs is 3. The molecule has 2 aromatic rings. The van der Waals surface area contributed by atoms with Crippen LogP contribution in [-0.2, 0) is 4.74 Å². The highest BCUT2D eigenvalue weighted by molar-refractivity contribution is 5.68. The van der Waals surface area contributed by atoms with Crippen molar-refractivity contribution in [3.8, 4) is 17.0 Å². The minimum absolute atomic E-state index is 0.131. The molecule has 5 fully saturated rings. The summed E-state index contributed by atoms with van der Waals surface area (Å²) in [4.78, 5) is 17.5. The van der Waals surface area contributed by atoms with E-state index in [2.05, 4.69) is 14.6 Å². The van der Waals surface area contributed by atoms with Crippen LogP contribution in [0.2, 0.25) is 0 Å². The van der Waals surface area contributed by atoms with Crippen molar-refractivity contribution in [3.63, 3.8) is 0 Å². The normalized spacial score (nSPS) is 30.9. The number of alkyl halides is 3. The van der Waals surface area contributed by atoms with E-state index in [1.807, 2.05) is 4.90 Å². The number of hydrogen-bond donors (Lipinski definition) is 1. The summed E-state index contributed by atoms with van der Waals surface area (Å²) in [6.45, 7) is -1.42. The van der Waals surface area contributed by atoms with Gasteiger partial charge in [-0.25, -0.2) is 14.4 Å². The van der Waals surface area contributed by atoms with Gasteiger partial charge in [-0.05, 0) is 24.8 Å². The lowest BCUT2D eigenvalue weighted by Crippen LogP contribution is -2.39. The molecule has 7 rings (SSSR count). The molecule has 3 atom stereocenters. The molecule has 0 amide bonds. The molecular weight excluding hydrogens is 413 g/mol. The first-order valence-corrected chi connectivity index (χ1v) is 10.3. The summed E-state index contributed by atoms with van der Waals surface area (Å²) in [6, 6.07) is 3.14. The zero-order chi connectivity index (χ0) is 21.3. The van der Waals surface area contributed by atoms with Crippen molar-refractivity contribution < 1.29 is 22.6 Å². The van der Waals surface area contributed by atoms with E-state index < -0.39 is 24.9 Å². The van der Waals surface area contributed by atoms with Gasteiger partial charge in [0.1, 0.15) is 11.9 Å². The van der Waals surface area contributed by atoms with Gasteiger partial charge in [0.25, 0.3) is 0 Å². The number of halogens is 3. The number of aromatic nitrogens is 3. The molecule has 11 heteroatoms. The van der Waals surface area contributed by atoms with Crippen LogP contribution in [0.15, 0.2) is 18.3 Å². The van der Waals surface area contributed by atoms with Gasteiger partial charge in [0.15, 0.2) is 17.7 Å². The van der Waals surface area contributed by atoms with E-state index in [0.717, 1.165) is 19.4 Å². The average Bonchev–Trinajstić information content (AvgIpc) is 3.49. The van der Waals surface area contributed by atoms with Crippen molar-refractivity contribution in [3.05, 3.63) is 18.3 Å². The Bertz CT molecular complexity index is 1020. The molecule has 0 spiro atoms. The van der Waals surface area contributed by atoms with Crippen LogP contribution in [-0.4, -0.2) is 65.6 Å². The zero-order valence-corrected chi connectivity index (χ0v) is 16.5. The maximum absolute atomic E-state index is 14.5. The maximum atomic E-state index is 14.5. The average molecular weight is 434 g/mol. The SMILES string of the molecule is Nc1ncc(-c2cc(N3CC4OCC3C4F)nc(N3CC4CC3C4)n2)cc1OC(F)F. The molecule has 164 valence electrons. The number of rotatable bonds is 5. The Kier molecular flexibility index (Phi) is 4.17. The molecule has 0 radical (unpaired) electrons. The number of nitrogens with two attached hydrogens (primary N) is 1. The summed E-state index contributed by atoms with van der Waals surface area (Å²) in [7, 11) is 0. The number of nitrogens with zero attached hydrogens (tertiary/aromatic N) is 5. The van der Waals surface area contributed by atoms with Gasteiger partial charge in [-0.3, -0.25) is 0 Å². The van der Waals surface area contributed by atoms with Crippen LogP contribution >= 0.6 is 0 Å². The minimum Gasteiger partial charge on any atom is -0.431 e. The van der Waals surface area contributed by atoms with Gasteiger partial charge in [0.05, 0.1) is 18.3 Å². The number of ether oxygens (including phenoxy) is 2. The lowest BCUT2D eigenvalue weighted by Gasteiger charge is -2.30. The highest BCUT2D eigenvalue weighted by atomic mass is 19.3. The van der Waals surface area contributed by atoms with Gasteiger partial charge >= 0.3 is 6.61 Å². The fourth-order valence-corrected chi connectivity index (χ4v) is 5.07. The summed E-state index contributed by atoms with van der Waals surface area (Å²) in [6.07, 6.45) is 2.17. The molecule has 5 aliphatic rings. The Balaban J connectivity index is 1.41. The molecule has 1 aliphatic carbocycles. The second kappa shape index (κ2) is 6.84. The predicted octanol–water partition coefficient (Wildman–Crippen LogP) is 2.25. The molecule has 4 saturated heterocycles. The van der Waals surface area contributed by atoms with Crippen LogP contribution < -0.4 is 20.3 Å². The molecule has 4 aliphatic heterocycles. The topological polar surface area (TPSA) is 89.6 Å². The zero-order valence-electron chi connectivity index (χ0n) is 16.5. The van der Waals surface area contributed by atoms with E-state index in [9.17, 15) is 13.2 Å². The first kappa shape index (κ1) is 18.9. The van der Waals surface area contributed by atoms with E-state index in [1.54, 1.807) is 6.07 Å². The maximum Gasteiger partial charge on any atom is 0.387 e. The lowest BCUT2D eigenvalue weighted by molar-refractivity contribution is -0.0494. The van der Waals surface area contributed by atoms with Gasteiger partial charge in [0, 0.05) is 37.0 Å². The van der Waals surface area contributed by atoms with Crippen molar-refractivity contribution >= 4 is 17.6 Å². The van der Waals surface area contributed by atoms with E-state index in [4.69, 9.17) is 20.4 Å². The fraction of sp³-hybridized carbons (Fsp3) is 0.550.